The summed E-state index contributed by atoms with van der Waals surface area (Å²) in [5, 5.41) is 9.48. The van der Waals surface area contributed by atoms with E-state index in [2.05, 4.69) is 15.7 Å². The molecule has 0 unspecified atom stereocenters. The Hall–Kier alpha value is -2.75. The molecule has 1 aromatic carbocycles. The van der Waals surface area contributed by atoms with E-state index in [0.29, 0.717) is 17.9 Å². The van der Waals surface area contributed by atoms with E-state index in [4.69, 9.17) is 9.47 Å². The number of halogens is 3. The third kappa shape index (κ3) is 4.06. The van der Waals surface area contributed by atoms with E-state index in [1.165, 1.54) is 14.2 Å². The molecule has 1 aliphatic heterocycles. The maximum Gasteiger partial charge on any atom is 0.410 e. The molecule has 0 saturated carbocycles. The van der Waals surface area contributed by atoms with Gasteiger partial charge in [-0.15, -0.1) is 0 Å². The topological polar surface area (TPSA) is 77.4 Å². The number of alkyl halides is 3. The molecule has 0 aliphatic carbocycles. The Morgan fingerprint density at radius 2 is 2.18 bits per heavy atom. The van der Waals surface area contributed by atoms with Crippen LogP contribution >= 0.6 is 0 Å². The number of aromatic nitrogens is 2. The minimum Gasteiger partial charge on any atom is -0.497 e. The van der Waals surface area contributed by atoms with E-state index in [9.17, 15) is 18.0 Å². The zero-order valence-electron chi connectivity index (χ0n) is 15.4. The molecule has 10 heteroatoms. The number of methoxy groups -OCH3 is 2. The molecule has 1 amide bonds. The number of hydrogen-bond donors (Lipinski definition) is 2. The third-order valence-corrected chi connectivity index (χ3v) is 4.57. The molecule has 1 aliphatic rings. The van der Waals surface area contributed by atoms with Gasteiger partial charge in [0.15, 0.2) is 6.04 Å². The lowest BCUT2D eigenvalue weighted by atomic mass is 9.96. The van der Waals surface area contributed by atoms with Crippen molar-refractivity contribution < 1.29 is 27.4 Å². The standard InChI is InChI=1S/C18H21F3N4O3/c1-27-7-6-22-17(26)13-10-23-25-15(18(19,20)21)9-14(24-16(13)25)11-4-3-5-12(8-11)28-2/h3-5,8,10,14-15,24H,6-7,9H2,1-2H3,(H,22,26)/t14-,15-/m1/s1. The average molecular weight is 398 g/mol. The van der Waals surface area contributed by atoms with Crippen LogP contribution in [0.5, 0.6) is 5.75 Å². The first-order chi connectivity index (χ1) is 13.3. The molecule has 152 valence electrons. The number of hydrogen-bond acceptors (Lipinski definition) is 5. The van der Waals surface area contributed by atoms with Crippen LogP contribution in [0, 0.1) is 0 Å². The number of ether oxygens (including phenoxy) is 2. The number of benzene rings is 1. The van der Waals surface area contributed by atoms with Crippen molar-refractivity contribution >= 4 is 11.7 Å². The van der Waals surface area contributed by atoms with E-state index in [1.54, 1.807) is 24.3 Å². The largest absolute Gasteiger partial charge is 0.497 e. The van der Waals surface area contributed by atoms with Crippen molar-refractivity contribution in [3.05, 3.63) is 41.6 Å². The fourth-order valence-electron chi connectivity index (χ4n) is 3.17. The molecular formula is C18H21F3N4O3. The van der Waals surface area contributed by atoms with Crippen molar-refractivity contribution in [2.45, 2.75) is 24.7 Å². The number of fused-ring (bicyclic) bond motifs is 1. The van der Waals surface area contributed by atoms with Crippen LogP contribution in [0.4, 0.5) is 19.0 Å². The molecule has 0 radical (unpaired) electrons. The van der Waals surface area contributed by atoms with Crippen molar-refractivity contribution in [1.29, 1.82) is 0 Å². The SMILES string of the molecule is COCCNC(=O)c1cnn2c1N[C@@H](c1cccc(OC)c1)C[C@@H]2C(F)(F)F. The van der Waals surface area contributed by atoms with Crippen LogP contribution < -0.4 is 15.4 Å². The molecule has 2 heterocycles. The smallest absolute Gasteiger partial charge is 0.410 e. The molecule has 7 nitrogen and oxygen atoms in total. The van der Waals surface area contributed by atoms with Gasteiger partial charge in [-0.05, 0) is 17.7 Å². The van der Waals surface area contributed by atoms with Crippen molar-refractivity contribution in [2.75, 3.05) is 32.7 Å². The Morgan fingerprint density at radius 3 is 2.86 bits per heavy atom. The summed E-state index contributed by atoms with van der Waals surface area (Å²) in [7, 11) is 2.98. The Kier molecular flexibility index (Phi) is 5.78. The maximum atomic E-state index is 13.7. The summed E-state index contributed by atoms with van der Waals surface area (Å²) in [5.41, 5.74) is 0.685. The van der Waals surface area contributed by atoms with Crippen LogP contribution in [0.1, 0.15) is 34.4 Å². The van der Waals surface area contributed by atoms with E-state index in [0.717, 1.165) is 10.9 Å². The second kappa shape index (κ2) is 8.09. The summed E-state index contributed by atoms with van der Waals surface area (Å²) in [6.07, 6.45) is -3.61. The van der Waals surface area contributed by atoms with Crippen LogP contribution in [-0.2, 0) is 4.74 Å². The fraction of sp³-hybridized carbons (Fsp3) is 0.444. The lowest BCUT2D eigenvalue weighted by molar-refractivity contribution is -0.173. The molecule has 0 bridgehead atoms. The third-order valence-electron chi connectivity index (χ3n) is 4.57. The van der Waals surface area contributed by atoms with Gasteiger partial charge in [0.05, 0.1) is 26.0 Å². The number of carbonyl (C=O) groups is 1. The Labute approximate surface area is 159 Å². The van der Waals surface area contributed by atoms with Crippen LogP contribution in [-0.4, -0.2) is 49.2 Å². The van der Waals surface area contributed by atoms with Gasteiger partial charge in [-0.3, -0.25) is 4.79 Å². The van der Waals surface area contributed by atoms with Crippen LogP contribution in [0.25, 0.3) is 0 Å². The molecule has 1 aromatic heterocycles. The molecular weight excluding hydrogens is 377 g/mol. The summed E-state index contributed by atoms with van der Waals surface area (Å²) >= 11 is 0. The minimum absolute atomic E-state index is 0.0383. The number of amides is 1. The van der Waals surface area contributed by atoms with Crippen molar-refractivity contribution in [2.24, 2.45) is 0 Å². The summed E-state index contributed by atoms with van der Waals surface area (Å²) < 4.78 is 51.9. The van der Waals surface area contributed by atoms with Gasteiger partial charge in [-0.25, -0.2) is 4.68 Å². The normalized spacial score (nSPS) is 18.9. The van der Waals surface area contributed by atoms with Gasteiger partial charge in [-0.2, -0.15) is 18.3 Å². The highest BCUT2D eigenvalue weighted by atomic mass is 19.4. The first-order valence-electron chi connectivity index (χ1n) is 8.67. The molecule has 0 fully saturated rings. The number of carbonyl (C=O) groups excluding carboxylic acids is 1. The molecule has 2 N–H and O–H groups in total. The Bertz CT molecular complexity index is 838. The Morgan fingerprint density at radius 1 is 1.39 bits per heavy atom. The number of nitrogens with one attached hydrogen (secondary N) is 2. The summed E-state index contributed by atoms with van der Waals surface area (Å²) in [6.45, 7) is 0.530. The van der Waals surface area contributed by atoms with E-state index >= 15 is 0 Å². The predicted octanol–water partition coefficient (Wildman–Crippen LogP) is 2.93. The summed E-state index contributed by atoms with van der Waals surface area (Å²) in [4.78, 5) is 12.4. The van der Waals surface area contributed by atoms with Gasteiger partial charge in [0, 0.05) is 20.1 Å². The van der Waals surface area contributed by atoms with Gasteiger partial charge in [0.2, 0.25) is 0 Å². The van der Waals surface area contributed by atoms with Gasteiger partial charge >= 0.3 is 6.18 Å². The maximum absolute atomic E-state index is 13.7. The highest BCUT2D eigenvalue weighted by Crippen LogP contribution is 2.44. The molecule has 3 rings (SSSR count). The van der Waals surface area contributed by atoms with Crippen LogP contribution in [0.3, 0.4) is 0 Å². The lowest BCUT2D eigenvalue weighted by Gasteiger charge is -2.34. The quantitative estimate of drug-likeness (QED) is 0.732. The highest BCUT2D eigenvalue weighted by Gasteiger charge is 2.47. The number of anilines is 1. The van der Waals surface area contributed by atoms with Gasteiger partial charge in [0.1, 0.15) is 17.1 Å². The second-order valence-electron chi connectivity index (χ2n) is 6.37. The first kappa shape index (κ1) is 20.0. The van der Waals surface area contributed by atoms with Crippen molar-refractivity contribution in [1.82, 2.24) is 15.1 Å². The van der Waals surface area contributed by atoms with Crippen LogP contribution in [0.15, 0.2) is 30.5 Å². The molecule has 2 atom stereocenters. The first-order valence-corrected chi connectivity index (χ1v) is 8.67. The monoisotopic (exact) mass is 398 g/mol. The van der Waals surface area contributed by atoms with E-state index in [-0.39, 0.29) is 24.3 Å². The van der Waals surface area contributed by atoms with Gasteiger partial charge in [-0.1, -0.05) is 12.1 Å². The number of nitrogens with zero attached hydrogens (tertiary/aromatic N) is 2. The number of rotatable bonds is 6. The van der Waals surface area contributed by atoms with Gasteiger partial charge in [0.25, 0.3) is 5.91 Å². The van der Waals surface area contributed by atoms with E-state index in [1.807, 2.05) is 0 Å². The molecule has 0 spiro atoms. The Balaban J connectivity index is 1.95. The lowest BCUT2D eigenvalue weighted by Crippen LogP contribution is -2.36. The fourth-order valence-corrected chi connectivity index (χ4v) is 3.17. The second-order valence-corrected chi connectivity index (χ2v) is 6.37. The van der Waals surface area contributed by atoms with Crippen molar-refractivity contribution in [3.63, 3.8) is 0 Å². The predicted molar refractivity (Wildman–Crippen MR) is 95.5 cm³/mol. The van der Waals surface area contributed by atoms with Gasteiger partial charge < -0.3 is 20.1 Å². The zero-order valence-corrected chi connectivity index (χ0v) is 15.4. The average Bonchev–Trinajstić information content (AvgIpc) is 3.10. The summed E-state index contributed by atoms with van der Waals surface area (Å²) in [6, 6.07) is 4.32. The van der Waals surface area contributed by atoms with Crippen molar-refractivity contribution in [3.8, 4) is 5.75 Å². The van der Waals surface area contributed by atoms with E-state index < -0.39 is 24.2 Å². The molecule has 2 aromatic rings. The highest BCUT2D eigenvalue weighted by molar-refractivity contribution is 5.98. The summed E-state index contributed by atoms with van der Waals surface area (Å²) in [5.74, 6) is 0.0637. The zero-order chi connectivity index (χ0) is 20.3. The molecule has 0 saturated heterocycles. The molecule has 28 heavy (non-hydrogen) atoms. The minimum atomic E-state index is -4.51. The van der Waals surface area contributed by atoms with Crippen LogP contribution in [0.2, 0.25) is 0 Å².